The van der Waals surface area contributed by atoms with Gasteiger partial charge in [0.05, 0.1) is 6.26 Å². The smallest absolute Gasteiger partial charge is 0.291 e. The van der Waals surface area contributed by atoms with E-state index in [-0.39, 0.29) is 24.2 Å². The molecule has 0 aliphatic heterocycles. The largest absolute Gasteiger partial charge is 0.484 e. The molecule has 1 aromatic heterocycles. The van der Waals surface area contributed by atoms with Crippen LogP contribution >= 0.6 is 0 Å². The van der Waals surface area contributed by atoms with Crippen LogP contribution in [0.3, 0.4) is 0 Å². The Labute approximate surface area is 175 Å². The van der Waals surface area contributed by atoms with Gasteiger partial charge in [0.2, 0.25) is 0 Å². The number of hydrogen-bond acceptors (Lipinski definition) is 4. The van der Waals surface area contributed by atoms with Gasteiger partial charge in [0.15, 0.2) is 12.4 Å². The van der Waals surface area contributed by atoms with Crippen LogP contribution in [0.1, 0.15) is 40.4 Å². The maximum absolute atomic E-state index is 12.3. The van der Waals surface area contributed by atoms with Crippen LogP contribution in [-0.2, 0) is 11.2 Å². The average molecular weight is 404 g/mol. The van der Waals surface area contributed by atoms with Gasteiger partial charge < -0.3 is 19.8 Å². The lowest BCUT2D eigenvalue weighted by Crippen LogP contribution is -2.33. The molecule has 0 fully saturated rings. The van der Waals surface area contributed by atoms with Crippen molar-refractivity contribution in [3.63, 3.8) is 0 Å². The summed E-state index contributed by atoms with van der Waals surface area (Å²) in [4.78, 5) is 24.3. The van der Waals surface area contributed by atoms with E-state index in [2.05, 4.69) is 34.9 Å². The van der Waals surface area contributed by atoms with Crippen molar-refractivity contribution in [2.45, 2.75) is 25.2 Å². The number of nitrogens with one attached hydrogen (secondary N) is 2. The fourth-order valence-corrected chi connectivity index (χ4v) is 3.77. The maximum Gasteiger partial charge on any atom is 0.291 e. The summed E-state index contributed by atoms with van der Waals surface area (Å²) in [6.07, 6.45) is 4.77. The zero-order chi connectivity index (χ0) is 20.8. The first-order valence-electron chi connectivity index (χ1n) is 10.1. The second-order valence-corrected chi connectivity index (χ2v) is 7.34. The quantitative estimate of drug-likeness (QED) is 0.620. The van der Waals surface area contributed by atoms with Crippen LogP contribution < -0.4 is 15.4 Å². The van der Waals surface area contributed by atoms with Crippen LogP contribution in [0, 0.1) is 0 Å². The minimum absolute atomic E-state index is 0.0794. The van der Waals surface area contributed by atoms with Crippen molar-refractivity contribution in [2.24, 2.45) is 0 Å². The van der Waals surface area contributed by atoms with Crippen LogP contribution in [0.15, 0.2) is 71.3 Å². The van der Waals surface area contributed by atoms with Crippen molar-refractivity contribution in [3.8, 4) is 5.75 Å². The van der Waals surface area contributed by atoms with Crippen LogP contribution in [0.2, 0.25) is 0 Å². The van der Waals surface area contributed by atoms with Gasteiger partial charge in [0.1, 0.15) is 5.75 Å². The maximum atomic E-state index is 12.3. The normalized spacial score (nSPS) is 15.1. The highest BCUT2D eigenvalue weighted by Crippen LogP contribution is 2.30. The summed E-state index contributed by atoms with van der Waals surface area (Å²) in [5.74, 6) is 0.570. The summed E-state index contributed by atoms with van der Waals surface area (Å²) in [6, 6.07) is 18.6. The van der Waals surface area contributed by atoms with Gasteiger partial charge in [-0.15, -0.1) is 0 Å². The number of furan rings is 1. The first-order valence-corrected chi connectivity index (χ1v) is 10.1. The highest BCUT2D eigenvalue weighted by Gasteiger charge is 2.20. The monoisotopic (exact) mass is 404 g/mol. The van der Waals surface area contributed by atoms with Gasteiger partial charge in [-0.2, -0.15) is 0 Å². The number of aryl methyl sites for hydroxylation is 1. The van der Waals surface area contributed by atoms with Gasteiger partial charge in [-0.05, 0) is 54.7 Å². The van der Waals surface area contributed by atoms with Crippen LogP contribution in [0.25, 0.3) is 0 Å². The first kappa shape index (κ1) is 19.8. The summed E-state index contributed by atoms with van der Waals surface area (Å²) >= 11 is 0. The first-order chi connectivity index (χ1) is 14.7. The molecule has 154 valence electrons. The molecule has 1 aliphatic rings. The molecule has 2 aromatic carbocycles. The Morgan fingerprint density at radius 1 is 1.07 bits per heavy atom. The van der Waals surface area contributed by atoms with Gasteiger partial charge in [-0.25, -0.2) is 0 Å². The Hall–Kier alpha value is -3.54. The van der Waals surface area contributed by atoms with Crippen molar-refractivity contribution in [1.29, 1.82) is 0 Å². The van der Waals surface area contributed by atoms with E-state index < -0.39 is 0 Å². The molecular formula is C24H24N2O4. The number of fused-ring (bicyclic) bond motifs is 1. The van der Waals surface area contributed by atoms with Crippen LogP contribution in [0.4, 0.5) is 5.69 Å². The predicted octanol–water partition coefficient (Wildman–Crippen LogP) is 4.15. The van der Waals surface area contributed by atoms with Crippen molar-refractivity contribution in [3.05, 3.63) is 83.8 Å². The molecule has 0 spiro atoms. The number of rotatable bonds is 7. The standard InChI is InChI=1S/C24H24N2O4/c27-23(25-15-18-8-3-7-17-6-1-2-11-21(17)18)16-30-20-10-4-9-19(14-20)26-24(28)22-12-5-13-29-22/h1-2,4-6,9-14,18H,3,7-8,15-16H2,(H,25,27)(H,26,28)/t18-/m0/s1. The van der Waals surface area contributed by atoms with Gasteiger partial charge >= 0.3 is 0 Å². The molecule has 30 heavy (non-hydrogen) atoms. The lowest BCUT2D eigenvalue weighted by atomic mass is 9.83. The summed E-state index contributed by atoms with van der Waals surface area (Å²) in [6.45, 7) is 0.530. The summed E-state index contributed by atoms with van der Waals surface area (Å²) in [5, 5.41) is 5.72. The minimum atomic E-state index is -0.345. The third-order valence-corrected chi connectivity index (χ3v) is 5.25. The summed E-state index contributed by atoms with van der Waals surface area (Å²) in [7, 11) is 0. The second-order valence-electron chi connectivity index (χ2n) is 7.34. The van der Waals surface area contributed by atoms with E-state index in [1.807, 2.05) is 0 Å². The van der Waals surface area contributed by atoms with Crippen LogP contribution in [0.5, 0.6) is 5.75 Å². The number of ether oxygens (including phenoxy) is 1. The average Bonchev–Trinajstić information content (AvgIpc) is 3.32. The Morgan fingerprint density at radius 3 is 2.83 bits per heavy atom. The number of carbonyl (C=O) groups excluding carboxylic acids is 2. The lowest BCUT2D eigenvalue weighted by Gasteiger charge is -2.25. The number of amides is 2. The zero-order valence-electron chi connectivity index (χ0n) is 16.6. The SMILES string of the molecule is O=C(COc1cccc(NC(=O)c2ccco2)c1)NC[C@@H]1CCCc2ccccc21. The van der Waals surface area contributed by atoms with Crippen LogP contribution in [-0.4, -0.2) is 25.0 Å². The van der Waals surface area contributed by atoms with Crippen molar-refractivity contribution in [1.82, 2.24) is 5.32 Å². The molecule has 1 heterocycles. The topological polar surface area (TPSA) is 80.6 Å². The van der Waals surface area contributed by atoms with Gasteiger partial charge in [0.25, 0.3) is 11.8 Å². The van der Waals surface area contributed by atoms with Crippen molar-refractivity contribution < 1.29 is 18.7 Å². The van der Waals surface area contributed by atoms with E-state index in [1.165, 1.54) is 17.4 Å². The van der Waals surface area contributed by atoms with Crippen molar-refractivity contribution >= 4 is 17.5 Å². The van der Waals surface area contributed by atoms with E-state index in [9.17, 15) is 9.59 Å². The Morgan fingerprint density at radius 2 is 1.97 bits per heavy atom. The summed E-state index contributed by atoms with van der Waals surface area (Å²) < 4.78 is 10.7. The Bertz CT molecular complexity index is 1010. The highest BCUT2D eigenvalue weighted by atomic mass is 16.5. The van der Waals surface area contributed by atoms with Gasteiger partial charge in [-0.1, -0.05) is 30.3 Å². The third kappa shape index (κ3) is 4.89. The Balaban J connectivity index is 1.27. The molecule has 4 rings (SSSR count). The molecule has 0 unspecified atom stereocenters. The molecule has 6 nitrogen and oxygen atoms in total. The van der Waals surface area contributed by atoms with Gasteiger partial charge in [-0.3, -0.25) is 9.59 Å². The van der Waals surface area contributed by atoms with E-state index in [0.717, 1.165) is 19.3 Å². The van der Waals surface area contributed by atoms with Crippen molar-refractivity contribution in [2.75, 3.05) is 18.5 Å². The molecule has 0 saturated heterocycles. The molecule has 3 aromatic rings. The number of carbonyl (C=O) groups is 2. The number of hydrogen-bond donors (Lipinski definition) is 2. The molecule has 1 aliphatic carbocycles. The fourth-order valence-electron chi connectivity index (χ4n) is 3.77. The molecule has 1 atom stereocenters. The molecule has 2 N–H and O–H groups in total. The van der Waals surface area contributed by atoms with E-state index in [4.69, 9.17) is 9.15 Å². The molecule has 0 saturated carbocycles. The number of benzene rings is 2. The molecule has 2 amide bonds. The summed E-state index contributed by atoms with van der Waals surface area (Å²) in [5.41, 5.74) is 3.28. The predicted molar refractivity (Wildman–Crippen MR) is 114 cm³/mol. The van der Waals surface area contributed by atoms with E-state index in [0.29, 0.717) is 23.9 Å². The number of anilines is 1. The third-order valence-electron chi connectivity index (χ3n) is 5.25. The highest BCUT2D eigenvalue weighted by molar-refractivity contribution is 6.02. The zero-order valence-corrected chi connectivity index (χ0v) is 16.6. The van der Waals surface area contributed by atoms with E-state index in [1.54, 1.807) is 36.4 Å². The minimum Gasteiger partial charge on any atom is -0.484 e. The molecule has 0 bridgehead atoms. The molecule has 0 radical (unpaired) electrons. The Kier molecular flexibility index (Phi) is 6.13. The van der Waals surface area contributed by atoms with E-state index >= 15 is 0 Å². The molecular weight excluding hydrogens is 380 g/mol. The molecule has 6 heteroatoms. The fraction of sp³-hybridized carbons (Fsp3) is 0.250. The second kappa shape index (κ2) is 9.31. The van der Waals surface area contributed by atoms with Gasteiger partial charge in [0, 0.05) is 24.2 Å². The lowest BCUT2D eigenvalue weighted by molar-refractivity contribution is -0.123.